The van der Waals surface area contributed by atoms with Gasteiger partial charge in [0.25, 0.3) is 11.8 Å². The minimum Gasteiger partial charge on any atom is -0.508 e. The Morgan fingerprint density at radius 3 is 2.32 bits per heavy atom. The molecule has 0 aliphatic carbocycles. The number of amides is 2. The van der Waals surface area contributed by atoms with Crippen molar-refractivity contribution < 1.29 is 24.9 Å². The third-order valence-corrected chi connectivity index (χ3v) is 3.24. The Morgan fingerprint density at radius 1 is 1.00 bits per heavy atom. The van der Waals surface area contributed by atoms with Gasteiger partial charge in [-0.15, -0.1) is 0 Å². The van der Waals surface area contributed by atoms with Gasteiger partial charge in [-0.05, 0) is 35.9 Å². The number of rotatable bonds is 6. The molecule has 0 aromatic heterocycles. The number of nitrogens with one attached hydrogen (secondary N) is 2. The van der Waals surface area contributed by atoms with Crippen LogP contribution in [0.25, 0.3) is 6.08 Å². The molecular weight excluding hydrogens is 324 g/mol. The highest BCUT2D eigenvalue weighted by molar-refractivity contribution is 6.06. The van der Waals surface area contributed by atoms with E-state index in [0.29, 0.717) is 5.56 Å². The van der Waals surface area contributed by atoms with Crippen molar-refractivity contribution in [2.45, 2.75) is 0 Å². The number of hydrogen-bond donors (Lipinski definition) is 5. The predicted octanol–water partition coefficient (Wildman–Crippen LogP) is 0.977. The summed E-state index contributed by atoms with van der Waals surface area (Å²) in [5.41, 5.74) is 0.533. The van der Waals surface area contributed by atoms with Crippen LogP contribution in [-0.4, -0.2) is 40.3 Å². The lowest BCUT2D eigenvalue weighted by molar-refractivity contribution is -0.117. The normalized spacial score (nSPS) is 11.0. The Hall–Kier alpha value is -3.32. The molecule has 0 heterocycles. The largest absolute Gasteiger partial charge is 0.508 e. The summed E-state index contributed by atoms with van der Waals surface area (Å²) in [4.78, 5) is 24.5. The summed E-state index contributed by atoms with van der Waals surface area (Å²) >= 11 is 0. The fourth-order valence-electron chi connectivity index (χ4n) is 2.02. The topological polar surface area (TPSA) is 119 Å². The molecule has 2 rings (SSSR count). The average molecular weight is 342 g/mol. The van der Waals surface area contributed by atoms with Crippen LogP contribution in [0.4, 0.5) is 0 Å². The molecule has 2 amide bonds. The number of benzene rings is 2. The van der Waals surface area contributed by atoms with Gasteiger partial charge in [0.2, 0.25) is 0 Å². The molecule has 0 radical (unpaired) electrons. The van der Waals surface area contributed by atoms with Gasteiger partial charge >= 0.3 is 0 Å². The van der Waals surface area contributed by atoms with E-state index in [1.165, 1.54) is 30.3 Å². The predicted molar refractivity (Wildman–Crippen MR) is 91.8 cm³/mol. The van der Waals surface area contributed by atoms with E-state index in [0.717, 1.165) is 0 Å². The number of aromatic hydroxyl groups is 2. The third kappa shape index (κ3) is 5.08. The summed E-state index contributed by atoms with van der Waals surface area (Å²) in [7, 11) is 0. The van der Waals surface area contributed by atoms with Gasteiger partial charge in [-0.3, -0.25) is 9.59 Å². The molecule has 2 aromatic carbocycles. The van der Waals surface area contributed by atoms with Crippen LogP contribution in [0, 0.1) is 0 Å². The summed E-state index contributed by atoms with van der Waals surface area (Å²) in [5, 5.41) is 32.8. The number of aliphatic hydroxyl groups is 1. The van der Waals surface area contributed by atoms with Crippen molar-refractivity contribution in [2.75, 3.05) is 13.2 Å². The second kappa shape index (κ2) is 8.51. The van der Waals surface area contributed by atoms with Gasteiger partial charge in [-0.2, -0.15) is 0 Å². The summed E-state index contributed by atoms with van der Waals surface area (Å²) in [5.74, 6) is -1.38. The molecule has 0 atom stereocenters. The van der Waals surface area contributed by atoms with Crippen molar-refractivity contribution in [2.24, 2.45) is 0 Å². The Bertz CT molecular complexity index is 784. The van der Waals surface area contributed by atoms with E-state index in [-0.39, 0.29) is 35.9 Å². The van der Waals surface area contributed by atoms with Crippen LogP contribution in [0.1, 0.15) is 15.9 Å². The Balaban J connectivity index is 2.28. The fraction of sp³-hybridized carbons (Fsp3) is 0.111. The molecule has 7 heteroatoms. The van der Waals surface area contributed by atoms with E-state index >= 15 is 0 Å². The van der Waals surface area contributed by atoms with Crippen molar-refractivity contribution in [1.82, 2.24) is 10.6 Å². The van der Waals surface area contributed by atoms with Crippen molar-refractivity contribution in [3.05, 3.63) is 65.4 Å². The van der Waals surface area contributed by atoms with Crippen molar-refractivity contribution in [1.29, 1.82) is 0 Å². The molecule has 7 nitrogen and oxygen atoms in total. The molecule has 0 aliphatic heterocycles. The van der Waals surface area contributed by atoms with Gasteiger partial charge < -0.3 is 26.0 Å². The highest BCUT2D eigenvalue weighted by Crippen LogP contribution is 2.16. The maximum absolute atomic E-state index is 12.3. The molecule has 0 saturated carbocycles. The summed E-state index contributed by atoms with van der Waals surface area (Å²) in [6, 6.07) is 12.0. The zero-order chi connectivity index (χ0) is 18.2. The molecule has 0 unspecified atom stereocenters. The molecule has 0 aliphatic rings. The van der Waals surface area contributed by atoms with Crippen LogP contribution in [0.2, 0.25) is 0 Å². The number of phenols is 2. The monoisotopic (exact) mass is 342 g/mol. The van der Waals surface area contributed by atoms with Gasteiger partial charge in [0.15, 0.2) is 0 Å². The first-order chi connectivity index (χ1) is 12.0. The molecule has 0 bridgehead atoms. The van der Waals surface area contributed by atoms with Gasteiger partial charge in [0, 0.05) is 6.54 Å². The smallest absolute Gasteiger partial charge is 0.267 e. The van der Waals surface area contributed by atoms with Gasteiger partial charge in [0.05, 0.1) is 12.2 Å². The Labute approximate surface area is 144 Å². The average Bonchev–Trinajstić information content (AvgIpc) is 2.61. The minimum absolute atomic E-state index is 0.0223. The first kappa shape index (κ1) is 18.0. The van der Waals surface area contributed by atoms with E-state index in [9.17, 15) is 19.8 Å². The first-order valence-electron chi connectivity index (χ1n) is 7.50. The van der Waals surface area contributed by atoms with Gasteiger partial charge in [-0.25, -0.2) is 0 Å². The number of carbonyl (C=O) groups is 2. The highest BCUT2D eigenvalue weighted by Gasteiger charge is 2.16. The van der Waals surface area contributed by atoms with E-state index in [4.69, 9.17) is 5.11 Å². The molecular formula is C18H18N2O5. The summed E-state index contributed by atoms with van der Waals surface area (Å²) in [6.45, 7) is -0.218. The van der Waals surface area contributed by atoms with Crippen molar-refractivity contribution >= 4 is 17.9 Å². The van der Waals surface area contributed by atoms with Crippen molar-refractivity contribution in [3.8, 4) is 11.5 Å². The van der Waals surface area contributed by atoms with Crippen LogP contribution < -0.4 is 10.6 Å². The second-order valence-electron chi connectivity index (χ2n) is 5.10. The zero-order valence-corrected chi connectivity index (χ0v) is 13.3. The molecule has 2 aromatic rings. The van der Waals surface area contributed by atoms with Gasteiger partial charge in [-0.1, -0.05) is 24.3 Å². The lowest BCUT2D eigenvalue weighted by Crippen LogP contribution is -2.36. The number of aliphatic hydroxyl groups excluding tert-OH is 1. The zero-order valence-electron chi connectivity index (χ0n) is 13.3. The van der Waals surface area contributed by atoms with E-state index in [1.54, 1.807) is 24.3 Å². The maximum atomic E-state index is 12.3. The van der Waals surface area contributed by atoms with Crippen LogP contribution in [-0.2, 0) is 4.79 Å². The molecule has 0 spiro atoms. The van der Waals surface area contributed by atoms with Gasteiger partial charge in [0.1, 0.15) is 17.2 Å². The number of carbonyl (C=O) groups excluding carboxylic acids is 2. The van der Waals surface area contributed by atoms with Crippen molar-refractivity contribution in [3.63, 3.8) is 0 Å². The summed E-state index contributed by atoms with van der Waals surface area (Å²) < 4.78 is 0. The lowest BCUT2D eigenvalue weighted by atomic mass is 10.1. The number of hydrogen-bond acceptors (Lipinski definition) is 5. The number of para-hydroxylation sites is 1. The highest BCUT2D eigenvalue weighted by atomic mass is 16.3. The summed E-state index contributed by atoms with van der Waals surface area (Å²) in [6.07, 6.45) is 1.42. The Morgan fingerprint density at radius 2 is 1.68 bits per heavy atom. The standard InChI is InChI=1S/C18H18N2O5/c21-10-9-19-18(25)15(11-12-5-7-13(22)8-6-12)20-17(24)14-3-1-2-4-16(14)23/h1-8,11,21-23H,9-10H2,(H,19,25)(H,20,24)/b15-11-. The molecule has 0 saturated heterocycles. The maximum Gasteiger partial charge on any atom is 0.267 e. The van der Waals surface area contributed by atoms with Crippen LogP contribution >= 0.6 is 0 Å². The van der Waals surface area contributed by atoms with E-state index < -0.39 is 11.8 Å². The molecule has 25 heavy (non-hydrogen) atoms. The quantitative estimate of drug-likeness (QED) is 0.501. The minimum atomic E-state index is -0.651. The van der Waals surface area contributed by atoms with Crippen LogP contribution in [0.15, 0.2) is 54.2 Å². The lowest BCUT2D eigenvalue weighted by Gasteiger charge is -2.11. The molecule has 0 fully saturated rings. The van der Waals surface area contributed by atoms with E-state index in [2.05, 4.69) is 10.6 Å². The SMILES string of the molecule is O=C(NCCO)/C(=C/c1ccc(O)cc1)NC(=O)c1ccccc1O. The van der Waals surface area contributed by atoms with Crippen LogP contribution in [0.5, 0.6) is 11.5 Å². The molecule has 130 valence electrons. The molecule has 5 N–H and O–H groups in total. The van der Waals surface area contributed by atoms with E-state index in [1.807, 2.05) is 0 Å². The van der Waals surface area contributed by atoms with Crippen LogP contribution in [0.3, 0.4) is 0 Å². The number of phenolic OH excluding ortho intramolecular Hbond substituents is 2. The second-order valence-corrected chi connectivity index (χ2v) is 5.10. The third-order valence-electron chi connectivity index (χ3n) is 3.24. The Kier molecular flexibility index (Phi) is 6.14. The fourth-order valence-corrected chi connectivity index (χ4v) is 2.02. The first-order valence-corrected chi connectivity index (χ1v) is 7.50.